The molecule has 0 fully saturated rings. The molecule has 0 saturated carbocycles. The number of benzene rings is 2. The van der Waals surface area contributed by atoms with Crippen LogP contribution in [0.3, 0.4) is 0 Å². The molecule has 1 amide bonds. The van der Waals surface area contributed by atoms with Crippen LogP contribution in [-0.2, 0) is 0 Å². The lowest BCUT2D eigenvalue weighted by Crippen LogP contribution is -2.30. The van der Waals surface area contributed by atoms with E-state index in [1.54, 1.807) is 4.57 Å². The fraction of sp³-hybridized carbons (Fsp3) is 0.263. The molecule has 2 aliphatic heterocycles. The zero-order valence-corrected chi connectivity index (χ0v) is 13.7. The van der Waals surface area contributed by atoms with Gasteiger partial charge in [0.1, 0.15) is 17.4 Å². The summed E-state index contributed by atoms with van der Waals surface area (Å²) in [5.74, 6) is -1.28. The van der Waals surface area contributed by atoms with E-state index < -0.39 is 37.4 Å². The van der Waals surface area contributed by atoms with Gasteiger partial charge in [-0.05, 0) is 24.3 Å². The molecule has 3 heterocycles. The second-order valence-corrected chi connectivity index (χ2v) is 6.51. The number of amides is 1. The molecule has 2 atom stereocenters. The van der Waals surface area contributed by atoms with E-state index >= 15 is 0 Å². The highest BCUT2D eigenvalue weighted by molar-refractivity contribution is 5.97. The third-order valence-corrected chi connectivity index (χ3v) is 5.11. The molecular weight excluding hydrogens is 359 g/mol. The molecule has 0 radical (unpaired) electrons. The van der Waals surface area contributed by atoms with E-state index in [0.717, 1.165) is 4.90 Å². The van der Waals surface area contributed by atoms with E-state index in [2.05, 4.69) is 9.72 Å². The summed E-state index contributed by atoms with van der Waals surface area (Å²) in [5.41, 5.74) is 0.943. The van der Waals surface area contributed by atoms with Gasteiger partial charge >= 0.3 is 6.61 Å². The molecule has 0 N–H and O–H groups in total. The molecule has 1 aromatic heterocycles. The summed E-state index contributed by atoms with van der Waals surface area (Å²) < 4.78 is 70.0. The van der Waals surface area contributed by atoms with Crippen molar-refractivity contribution >= 4 is 16.9 Å². The second-order valence-electron chi connectivity index (χ2n) is 6.51. The van der Waals surface area contributed by atoms with Gasteiger partial charge in [0, 0.05) is 34.7 Å². The average molecular weight is 376 g/mol. The first-order chi connectivity index (χ1) is 14.2. The normalized spacial score (nSPS) is 22.9. The number of fused-ring (bicyclic) bond motifs is 9. The van der Waals surface area contributed by atoms with Crippen molar-refractivity contribution in [1.82, 2.24) is 14.5 Å². The minimum absolute atomic E-state index is 0.0219. The molecule has 2 bridgehead atoms. The lowest BCUT2D eigenvalue weighted by Gasteiger charge is -2.24. The molecule has 8 heteroatoms. The summed E-state index contributed by atoms with van der Waals surface area (Å²) in [7, 11) is 0. The summed E-state index contributed by atoms with van der Waals surface area (Å²) in [6, 6.07) is 6.41. The highest BCUT2D eigenvalue weighted by Crippen LogP contribution is 2.49. The van der Waals surface area contributed by atoms with Crippen LogP contribution < -0.4 is 4.74 Å². The quantitative estimate of drug-likeness (QED) is 0.682. The number of nitrogens with zero attached hydrogens (tertiary/aromatic N) is 3. The Labute approximate surface area is 156 Å². The second kappa shape index (κ2) is 5.48. The molecule has 5 rings (SSSR count). The van der Waals surface area contributed by atoms with Crippen LogP contribution in [0, 0.1) is 5.82 Å². The lowest BCUT2D eigenvalue weighted by atomic mass is 9.97. The van der Waals surface area contributed by atoms with Crippen LogP contribution in [0.5, 0.6) is 5.75 Å². The highest BCUT2D eigenvalue weighted by Gasteiger charge is 2.44. The van der Waals surface area contributed by atoms with Gasteiger partial charge in [-0.1, -0.05) is 6.07 Å². The zero-order chi connectivity index (χ0) is 21.4. The van der Waals surface area contributed by atoms with Crippen LogP contribution >= 0.6 is 0 Å². The summed E-state index contributed by atoms with van der Waals surface area (Å²) in [6.07, 6.45) is 0.121. The predicted molar refractivity (Wildman–Crippen MR) is 90.4 cm³/mol. The Balaban J connectivity index is 1.84. The largest absolute Gasteiger partial charge is 0.434 e. The SMILES string of the molecule is [2H]C([2H])([2H])N1C(=O)c2cccc(OC(F)F)c2C2CC1c1nc3cc(F)ccc3n12. The average Bonchev–Trinajstić information content (AvgIpc) is 3.12. The maximum absolute atomic E-state index is 13.7. The first-order valence-corrected chi connectivity index (χ1v) is 8.25. The zero-order valence-electron chi connectivity index (χ0n) is 16.7. The predicted octanol–water partition coefficient (Wildman–Crippen LogP) is 3.90. The van der Waals surface area contributed by atoms with Crippen molar-refractivity contribution in [2.45, 2.75) is 25.1 Å². The number of halogens is 3. The van der Waals surface area contributed by atoms with Crippen molar-refractivity contribution < 1.29 is 26.8 Å². The fourth-order valence-electron chi connectivity index (χ4n) is 4.09. The van der Waals surface area contributed by atoms with Gasteiger partial charge in [-0.2, -0.15) is 8.78 Å². The van der Waals surface area contributed by atoms with Gasteiger partial charge in [-0.15, -0.1) is 0 Å². The van der Waals surface area contributed by atoms with Crippen LogP contribution in [0.4, 0.5) is 13.2 Å². The number of imidazole rings is 1. The molecule has 138 valence electrons. The molecule has 0 aliphatic carbocycles. The number of hydrogen-bond donors (Lipinski definition) is 0. The number of rotatable bonds is 2. The molecule has 3 aromatic rings. The van der Waals surface area contributed by atoms with E-state index in [0.29, 0.717) is 5.52 Å². The summed E-state index contributed by atoms with van der Waals surface area (Å²) in [4.78, 5) is 18.4. The maximum Gasteiger partial charge on any atom is 0.387 e. The monoisotopic (exact) mass is 376 g/mol. The Hall–Kier alpha value is -3.03. The van der Waals surface area contributed by atoms with E-state index in [9.17, 15) is 18.0 Å². The van der Waals surface area contributed by atoms with Crippen LogP contribution in [0.2, 0.25) is 0 Å². The highest BCUT2D eigenvalue weighted by atomic mass is 19.3. The molecule has 2 unspecified atom stereocenters. The van der Waals surface area contributed by atoms with E-state index in [-0.39, 0.29) is 34.6 Å². The Bertz CT molecular complexity index is 1190. The standard InChI is InChI=1S/C19H14F3N3O2/c1-24-14-8-13(25-12-6-5-9(20)7-11(12)23-17(14)25)16-10(18(24)26)3-2-4-15(16)27-19(21)22/h2-7,13-14,19H,8H2,1H3/i1D3. The first-order valence-electron chi connectivity index (χ1n) is 9.75. The molecule has 27 heavy (non-hydrogen) atoms. The number of alkyl halides is 2. The van der Waals surface area contributed by atoms with Gasteiger partial charge in [-0.25, -0.2) is 9.37 Å². The van der Waals surface area contributed by atoms with Crippen molar-refractivity contribution in [2.24, 2.45) is 0 Å². The van der Waals surface area contributed by atoms with Crippen LogP contribution in [0.15, 0.2) is 36.4 Å². The topological polar surface area (TPSA) is 47.4 Å². The maximum atomic E-state index is 13.7. The molecular formula is C19H14F3N3O2. The van der Waals surface area contributed by atoms with Crippen LogP contribution in [0.25, 0.3) is 11.0 Å². The number of hydrogen-bond acceptors (Lipinski definition) is 3. The van der Waals surface area contributed by atoms with Gasteiger partial charge in [0.2, 0.25) is 0 Å². The van der Waals surface area contributed by atoms with Crippen molar-refractivity contribution in [2.75, 3.05) is 6.98 Å². The molecule has 0 spiro atoms. The van der Waals surface area contributed by atoms with Gasteiger partial charge < -0.3 is 14.2 Å². The van der Waals surface area contributed by atoms with E-state index in [1.165, 1.54) is 36.4 Å². The van der Waals surface area contributed by atoms with Gasteiger partial charge in [0.05, 0.1) is 23.1 Å². The van der Waals surface area contributed by atoms with E-state index in [4.69, 9.17) is 4.11 Å². The van der Waals surface area contributed by atoms with E-state index in [1.807, 2.05) is 0 Å². The van der Waals surface area contributed by atoms with Crippen molar-refractivity contribution in [1.29, 1.82) is 0 Å². The van der Waals surface area contributed by atoms with Gasteiger partial charge in [0.15, 0.2) is 0 Å². The minimum Gasteiger partial charge on any atom is -0.434 e. The minimum atomic E-state index is -3.13. The Morgan fingerprint density at radius 2 is 2.15 bits per heavy atom. The van der Waals surface area contributed by atoms with Gasteiger partial charge in [-0.3, -0.25) is 4.79 Å². The number of aromatic nitrogens is 2. The van der Waals surface area contributed by atoms with Gasteiger partial charge in [0.25, 0.3) is 5.91 Å². The first kappa shape index (κ1) is 13.2. The lowest BCUT2D eigenvalue weighted by molar-refractivity contribution is -0.0507. The third kappa shape index (κ3) is 2.19. The Morgan fingerprint density at radius 1 is 1.30 bits per heavy atom. The van der Waals surface area contributed by atoms with Crippen LogP contribution in [0.1, 0.15) is 44.4 Å². The summed E-state index contributed by atoms with van der Waals surface area (Å²) in [6.45, 7) is -5.93. The van der Waals surface area contributed by atoms with Crippen LogP contribution in [-0.4, -0.2) is 33.9 Å². The van der Waals surface area contributed by atoms with Crippen molar-refractivity contribution in [3.05, 3.63) is 59.2 Å². The van der Waals surface area contributed by atoms with Crippen molar-refractivity contribution in [3.63, 3.8) is 0 Å². The summed E-state index contributed by atoms with van der Waals surface area (Å²) in [5, 5.41) is 0. The fourth-order valence-corrected chi connectivity index (χ4v) is 4.09. The third-order valence-electron chi connectivity index (χ3n) is 5.11. The number of ether oxygens (including phenoxy) is 1. The summed E-state index contributed by atoms with van der Waals surface area (Å²) >= 11 is 0. The number of carbonyl (C=O) groups excluding carboxylic acids is 1. The number of carbonyl (C=O) groups is 1. The molecule has 5 nitrogen and oxygen atoms in total. The molecule has 0 saturated heterocycles. The molecule has 2 aromatic carbocycles. The Kier molecular flexibility index (Phi) is 2.68. The molecule has 2 aliphatic rings. The smallest absolute Gasteiger partial charge is 0.387 e. The Morgan fingerprint density at radius 3 is 2.93 bits per heavy atom. The van der Waals surface area contributed by atoms with Crippen molar-refractivity contribution in [3.8, 4) is 5.75 Å².